The molecule has 1 nitrogen and oxygen atoms in total. The zero-order valence-corrected chi connectivity index (χ0v) is 15.4. The highest BCUT2D eigenvalue weighted by Crippen LogP contribution is 2.37. The van der Waals surface area contributed by atoms with Crippen LogP contribution in [0.25, 0.3) is 10.8 Å². The third-order valence-electron chi connectivity index (χ3n) is 3.95. The fourth-order valence-corrected chi connectivity index (χ4v) is 3.24. The molecule has 0 atom stereocenters. The third kappa shape index (κ3) is 3.31. The summed E-state index contributed by atoms with van der Waals surface area (Å²) in [5.74, 6) is 1.00. The van der Waals surface area contributed by atoms with E-state index >= 15 is 0 Å². The van der Waals surface area contributed by atoms with Gasteiger partial charge >= 0.3 is 0 Å². The molecule has 2 aromatic carbocycles. The lowest BCUT2D eigenvalue weighted by Crippen LogP contribution is -2.43. The van der Waals surface area contributed by atoms with Gasteiger partial charge in [-0.2, -0.15) is 0 Å². The van der Waals surface area contributed by atoms with Gasteiger partial charge in [0, 0.05) is 3.57 Å². The van der Waals surface area contributed by atoms with Gasteiger partial charge in [0.05, 0.1) is 0 Å². The highest BCUT2D eigenvalue weighted by atomic mass is 127. The van der Waals surface area contributed by atoms with Crippen LogP contribution in [-0.4, -0.2) is 8.32 Å². The molecule has 0 spiro atoms. The largest absolute Gasteiger partial charge is 0.543 e. The fraction of sp³-hybridized carbons (Fsp3) is 0.375. The molecule has 0 saturated carbocycles. The normalized spacial score (nSPS) is 12.7. The van der Waals surface area contributed by atoms with Crippen LogP contribution in [0.1, 0.15) is 20.8 Å². The van der Waals surface area contributed by atoms with Crippen LogP contribution in [0, 0.1) is 3.57 Å². The van der Waals surface area contributed by atoms with E-state index in [2.05, 4.69) is 92.9 Å². The molecule has 102 valence electrons. The van der Waals surface area contributed by atoms with Crippen LogP contribution in [-0.2, 0) is 0 Å². The highest BCUT2D eigenvalue weighted by molar-refractivity contribution is 14.1. The van der Waals surface area contributed by atoms with E-state index in [9.17, 15) is 0 Å². The standard InChI is InChI=1S/C16H21IOSi/c1-16(2,3)19(4,5)18-15-9-7-12-6-8-14(17)10-13(12)11-15/h6-11H,1-5H3. The molecule has 0 fully saturated rings. The monoisotopic (exact) mass is 384 g/mol. The average Bonchev–Trinajstić information content (AvgIpc) is 2.26. The maximum absolute atomic E-state index is 6.35. The van der Waals surface area contributed by atoms with Gasteiger partial charge in [0.15, 0.2) is 0 Å². The Kier molecular flexibility index (Phi) is 3.98. The second-order valence-corrected chi connectivity index (χ2v) is 12.5. The lowest BCUT2D eigenvalue weighted by atomic mass is 10.1. The van der Waals surface area contributed by atoms with Gasteiger partial charge in [-0.3, -0.25) is 0 Å². The van der Waals surface area contributed by atoms with Crippen LogP contribution in [0.5, 0.6) is 5.75 Å². The second-order valence-electron chi connectivity index (χ2n) is 6.52. The second kappa shape index (κ2) is 5.09. The van der Waals surface area contributed by atoms with Gasteiger partial charge in [0.1, 0.15) is 5.75 Å². The molecule has 0 aromatic heterocycles. The molecule has 0 aliphatic carbocycles. The Labute approximate surface area is 130 Å². The first kappa shape index (κ1) is 14.8. The molecule has 0 N–H and O–H groups in total. The van der Waals surface area contributed by atoms with Crippen molar-refractivity contribution in [3.63, 3.8) is 0 Å². The van der Waals surface area contributed by atoms with E-state index in [-0.39, 0.29) is 5.04 Å². The molecule has 0 saturated heterocycles. The molecule has 0 aliphatic rings. The SMILES string of the molecule is CC(C)(C)[Si](C)(C)Oc1ccc2ccc(I)cc2c1. The first-order valence-electron chi connectivity index (χ1n) is 6.57. The van der Waals surface area contributed by atoms with Crippen LogP contribution in [0.4, 0.5) is 0 Å². The van der Waals surface area contributed by atoms with Crippen LogP contribution in [0.3, 0.4) is 0 Å². The van der Waals surface area contributed by atoms with E-state index < -0.39 is 8.32 Å². The maximum Gasteiger partial charge on any atom is 0.250 e. The summed E-state index contributed by atoms with van der Waals surface area (Å²) in [4.78, 5) is 0. The number of hydrogen-bond acceptors (Lipinski definition) is 1. The van der Waals surface area contributed by atoms with Crippen LogP contribution in [0.15, 0.2) is 36.4 Å². The number of rotatable bonds is 2. The van der Waals surface area contributed by atoms with E-state index in [4.69, 9.17) is 4.43 Å². The molecule has 0 unspecified atom stereocenters. The molecule has 3 heteroatoms. The quantitative estimate of drug-likeness (QED) is 0.468. The van der Waals surface area contributed by atoms with Crippen molar-refractivity contribution in [1.82, 2.24) is 0 Å². The van der Waals surface area contributed by atoms with E-state index in [1.807, 2.05) is 0 Å². The average molecular weight is 384 g/mol. The van der Waals surface area contributed by atoms with Gasteiger partial charge in [-0.1, -0.05) is 32.9 Å². The van der Waals surface area contributed by atoms with Crippen molar-refractivity contribution in [3.8, 4) is 5.75 Å². The Balaban J connectivity index is 2.36. The Bertz CT molecular complexity index is 599. The lowest BCUT2D eigenvalue weighted by molar-refractivity contribution is 0.493. The smallest absolute Gasteiger partial charge is 0.250 e. The van der Waals surface area contributed by atoms with Crippen molar-refractivity contribution >= 4 is 41.7 Å². The number of fused-ring (bicyclic) bond motifs is 1. The Morgan fingerprint density at radius 2 is 1.58 bits per heavy atom. The zero-order valence-electron chi connectivity index (χ0n) is 12.3. The fourth-order valence-electron chi connectivity index (χ4n) is 1.71. The topological polar surface area (TPSA) is 9.23 Å². The molecule has 2 rings (SSSR count). The summed E-state index contributed by atoms with van der Waals surface area (Å²) in [6, 6.07) is 12.9. The van der Waals surface area contributed by atoms with Crippen LogP contribution in [0.2, 0.25) is 18.1 Å². The predicted octanol–water partition coefficient (Wildman–Crippen LogP) is 5.83. The molecule has 0 radical (unpaired) electrons. The summed E-state index contributed by atoms with van der Waals surface area (Å²) in [7, 11) is -1.75. The third-order valence-corrected chi connectivity index (χ3v) is 8.98. The van der Waals surface area contributed by atoms with Gasteiger partial charge in [-0.25, -0.2) is 0 Å². The zero-order chi connectivity index (χ0) is 14.3. The molecule has 19 heavy (non-hydrogen) atoms. The summed E-state index contributed by atoms with van der Waals surface area (Å²) < 4.78 is 7.61. The first-order valence-corrected chi connectivity index (χ1v) is 10.6. The molecule has 2 aromatic rings. The predicted molar refractivity (Wildman–Crippen MR) is 94.5 cm³/mol. The summed E-state index contributed by atoms with van der Waals surface area (Å²) in [6.07, 6.45) is 0. The Morgan fingerprint density at radius 1 is 0.947 bits per heavy atom. The van der Waals surface area contributed by atoms with Gasteiger partial charge in [0.2, 0.25) is 8.32 Å². The van der Waals surface area contributed by atoms with Crippen molar-refractivity contribution in [2.24, 2.45) is 0 Å². The number of hydrogen-bond donors (Lipinski definition) is 0. The molecule has 0 bridgehead atoms. The minimum atomic E-state index is -1.75. The Hall–Kier alpha value is -0.553. The van der Waals surface area contributed by atoms with E-state index in [1.54, 1.807) is 0 Å². The highest BCUT2D eigenvalue weighted by Gasteiger charge is 2.38. The van der Waals surface area contributed by atoms with Gasteiger partial charge < -0.3 is 4.43 Å². The molecule has 0 heterocycles. The van der Waals surface area contributed by atoms with Crippen molar-refractivity contribution in [2.45, 2.75) is 38.9 Å². The van der Waals surface area contributed by atoms with Crippen molar-refractivity contribution in [2.75, 3.05) is 0 Å². The van der Waals surface area contributed by atoms with Gasteiger partial charge in [-0.15, -0.1) is 0 Å². The first-order chi connectivity index (χ1) is 8.69. The Morgan fingerprint density at radius 3 is 2.21 bits per heavy atom. The summed E-state index contributed by atoms with van der Waals surface area (Å²) in [5, 5.41) is 2.75. The summed E-state index contributed by atoms with van der Waals surface area (Å²) >= 11 is 2.35. The van der Waals surface area contributed by atoms with Crippen molar-refractivity contribution < 1.29 is 4.43 Å². The molecule has 0 aliphatic heterocycles. The van der Waals surface area contributed by atoms with Gasteiger partial charge in [0.25, 0.3) is 0 Å². The molecular formula is C16H21IOSi. The van der Waals surface area contributed by atoms with Crippen LogP contribution >= 0.6 is 22.6 Å². The maximum atomic E-state index is 6.35. The minimum absolute atomic E-state index is 0.229. The minimum Gasteiger partial charge on any atom is -0.543 e. The van der Waals surface area contributed by atoms with Crippen molar-refractivity contribution in [1.29, 1.82) is 0 Å². The van der Waals surface area contributed by atoms with Gasteiger partial charge in [-0.05, 0) is 75.8 Å². The van der Waals surface area contributed by atoms with Crippen LogP contribution < -0.4 is 4.43 Å². The molecule has 0 amide bonds. The van der Waals surface area contributed by atoms with E-state index in [1.165, 1.54) is 14.3 Å². The summed E-state index contributed by atoms with van der Waals surface area (Å²) in [5.41, 5.74) is 0. The molecular weight excluding hydrogens is 363 g/mol. The van der Waals surface area contributed by atoms with Crippen molar-refractivity contribution in [3.05, 3.63) is 40.0 Å². The van der Waals surface area contributed by atoms with E-state index in [0.29, 0.717) is 0 Å². The van der Waals surface area contributed by atoms with E-state index in [0.717, 1.165) is 5.75 Å². The lowest BCUT2D eigenvalue weighted by Gasteiger charge is -2.36. The number of benzene rings is 2. The number of halogens is 1. The summed E-state index contributed by atoms with van der Waals surface area (Å²) in [6.45, 7) is 11.4.